The van der Waals surface area contributed by atoms with Crippen LogP contribution in [0, 0.1) is 0 Å². The predicted molar refractivity (Wildman–Crippen MR) is 201 cm³/mol. The molecule has 5 nitrogen and oxygen atoms in total. The average molecular weight is 651 g/mol. The minimum absolute atomic E-state index is 0.606. The minimum atomic E-state index is 0.606. The van der Waals surface area contributed by atoms with Crippen LogP contribution in [0.4, 0.5) is 17.1 Å². The summed E-state index contributed by atoms with van der Waals surface area (Å²) >= 11 is 7.60. The number of rotatable bonds is 4. The Bertz CT molecular complexity index is 2670. The monoisotopic (exact) mass is 650 g/mol. The molecule has 3 heterocycles. The number of hydrogen-bond donors (Lipinski definition) is 0. The van der Waals surface area contributed by atoms with Crippen LogP contribution in [-0.2, 0) is 0 Å². The van der Waals surface area contributed by atoms with Crippen LogP contribution >= 0.6 is 11.6 Å². The summed E-state index contributed by atoms with van der Waals surface area (Å²) in [5.41, 5.74) is 9.68. The number of ether oxygens (including phenoxy) is 1. The zero-order valence-corrected chi connectivity index (χ0v) is 26.9. The first-order valence-electron chi connectivity index (χ1n) is 16.3. The highest BCUT2D eigenvalue weighted by Gasteiger charge is 2.29. The number of fused-ring (bicyclic) bond motifs is 7. The molecule has 0 spiro atoms. The molecule has 0 unspecified atom stereocenters. The molecule has 6 heteroatoms. The van der Waals surface area contributed by atoms with Gasteiger partial charge in [-0.1, -0.05) is 109 Å². The van der Waals surface area contributed by atoms with Crippen molar-refractivity contribution in [1.29, 1.82) is 0 Å². The lowest BCUT2D eigenvalue weighted by Gasteiger charge is -2.33. The maximum atomic E-state index is 7.60. The fourth-order valence-electron chi connectivity index (χ4n) is 7.28. The van der Waals surface area contributed by atoms with Gasteiger partial charge in [0.2, 0.25) is 0 Å². The standard InChI is InChI=1S/C43H27ClN4O/c44-40-35(47-33-20-9-11-24-38(33)49-39-25-12-10-21-34(39)47)22-13-23-36(40)48-37-27-26-31-30-18-7-8-19-32(30)46(29-16-5-2-6-17-29)42(31)41(37)45-43(48)28-14-3-1-4-15-28/h1-27H. The van der Waals surface area contributed by atoms with E-state index in [0.29, 0.717) is 5.02 Å². The SMILES string of the molecule is Clc1c(N2c3ccccc3Oc3ccccc32)cccc1-n1c(-c2ccccc2)nc2c1ccc1c3ccccc3n(-c3ccccc3)c12. The lowest BCUT2D eigenvalue weighted by atomic mass is 10.1. The number of imidazole rings is 1. The molecule has 0 atom stereocenters. The van der Waals surface area contributed by atoms with Crippen molar-refractivity contribution in [1.82, 2.24) is 14.1 Å². The van der Waals surface area contributed by atoms with Crippen LogP contribution in [0.1, 0.15) is 0 Å². The van der Waals surface area contributed by atoms with Crippen molar-refractivity contribution < 1.29 is 4.74 Å². The van der Waals surface area contributed by atoms with Crippen LogP contribution in [0.15, 0.2) is 164 Å². The Hall–Kier alpha value is -6.30. The summed E-state index contributed by atoms with van der Waals surface area (Å²) in [5, 5.41) is 2.94. The Morgan fingerprint density at radius 2 is 1.08 bits per heavy atom. The molecule has 0 radical (unpaired) electrons. The number of nitrogens with zero attached hydrogens (tertiary/aromatic N) is 4. The minimum Gasteiger partial charge on any atom is -0.453 e. The Balaban J connectivity index is 1.29. The summed E-state index contributed by atoms with van der Waals surface area (Å²) in [6.07, 6.45) is 0. The maximum absolute atomic E-state index is 7.60. The normalized spacial score (nSPS) is 12.3. The van der Waals surface area contributed by atoms with Crippen molar-refractivity contribution in [3.8, 4) is 34.3 Å². The Labute approximate surface area is 287 Å². The van der Waals surface area contributed by atoms with Gasteiger partial charge in [-0.15, -0.1) is 0 Å². The van der Waals surface area contributed by atoms with E-state index >= 15 is 0 Å². The predicted octanol–water partition coefficient (Wildman–Crippen LogP) is 12.0. The van der Waals surface area contributed by atoms with Gasteiger partial charge in [0.05, 0.1) is 44.3 Å². The summed E-state index contributed by atoms with van der Waals surface area (Å²) in [7, 11) is 0. The molecule has 9 aromatic rings. The Morgan fingerprint density at radius 3 is 1.84 bits per heavy atom. The van der Waals surface area contributed by atoms with E-state index in [1.165, 1.54) is 5.39 Å². The van der Waals surface area contributed by atoms with Crippen LogP contribution in [-0.4, -0.2) is 14.1 Å². The molecule has 1 aliphatic rings. The molecule has 0 fully saturated rings. The first-order valence-corrected chi connectivity index (χ1v) is 16.6. The number of anilines is 3. The molecular weight excluding hydrogens is 624 g/mol. The van der Waals surface area contributed by atoms with Crippen molar-refractivity contribution >= 4 is 61.5 Å². The molecular formula is C43H27ClN4O. The number of hydrogen-bond acceptors (Lipinski definition) is 3. The van der Waals surface area contributed by atoms with Gasteiger partial charge in [0, 0.05) is 22.0 Å². The molecule has 49 heavy (non-hydrogen) atoms. The zero-order valence-electron chi connectivity index (χ0n) is 26.2. The Kier molecular flexibility index (Phi) is 6.16. The van der Waals surface area contributed by atoms with Crippen LogP contribution in [0.2, 0.25) is 5.02 Å². The van der Waals surface area contributed by atoms with Crippen molar-refractivity contribution in [3.05, 3.63) is 169 Å². The molecule has 2 aromatic heterocycles. The molecule has 10 rings (SSSR count). The third-order valence-electron chi connectivity index (χ3n) is 9.38. The van der Waals surface area contributed by atoms with Crippen LogP contribution in [0.25, 0.3) is 55.6 Å². The summed E-state index contributed by atoms with van der Waals surface area (Å²) in [4.78, 5) is 7.66. The maximum Gasteiger partial charge on any atom is 0.151 e. The van der Waals surface area contributed by atoms with E-state index in [-0.39, 0.29) is 0 Å². The third-order valence-corrected chi connectivity index (χ3v) is 9.76. The van der Waals surface area contributed by atoms with E-state index in [0.717, 1.165) is 78.8 Å². The molecule has 0 aliphatic carbocycles. The van der Waals surface area contributed by atoms with E-state index in [9.17, 15) is 0 Å². The second kappa shape index (κ2) is 10.9. The number of para-hydroxylation sites is 6. The summed E-state index contributed by atoms with van der Waals surface area (Å²) in [6.45, 7) is 0. The fourth-order valence-corrected chi connectivity index (χ4v) is 7.57. The van der Waals surface area contributed by atoms with E-state index in [4.69, 9.17) is 21.3 Å². The van der Waals surface area contributed by atoms with Crippen LogP contribution in [0.5, 0.6) is 11.5 Å². The summed E-state index contributed by atoms with van der Waals surface area (Å²) in [5.74, 6) is 2.36. The lowest BCUT2D eigenvalue weighted by Crippen LogP contribution is -2.16. The van der Waals surface area contributed by atoms with E-state index in [1.54, 1.807) is 0 Å². The van der Waals surface area contributed by atoms with Gasteiger partial charge in [0.1, 0.15) is 11.3 Å². The van der Waals surface area contributed by atoms with E-state index in [2.05, 4.69) is 135 Å². The average Bonchev–Trinajstić information content (AvgIpc) is 3.71. The van der Waals surface area contributed by atoms with Gasteiger partial charge < -0.3 is 14.2 Å². The molecule has 0 N–H and O–H groups in total. The first-order chi connectivity index (χ1) is 24.3. The topological polar surface area (TPSA) is 35.2 Å². The van der Waals surface area contributed by atoms with Crippen LogP contribution in [0.3, 0.4) is 0 Å². The van der Waals surface area contributed by atoms with Gasteiger partial charge in [0.25, 0.3) is 0 Å². The van der Waals surface area contributed by atoms with Gasteiger partial charge in [-0.25, -0.2) is 4.98 Å². The fraction of sp³-hybridized carbons (Fsp3) is 0. The third kappa shape index (κ3) is 4.16. The summed E-state index contributed by atoms with van der Waals surface area (Å²) < 4.78 is 10.9. The number of benzene rings is 7. The first kappa shape index (κ1) is 27.8. The smallest absolute Gasteiger partial charge is 0.151 e. The van der Waals surface area contributed by atoms with Crippen molar-refractivity contribution in [2.45, 2.75) is 0 Å². The highest BCUT2D eigenvalue weighted by Crippen LogP contribution is 2.52. The molecule has 1 aliphatic heterocycles. The number of halogens is 1. The van der Waals surface area contributed by atoms with E-state index in [1.807, 2.05) is 42.5 Å². The van der Waals surface area contributed by atoms with Crippen LogP contribution < -0.4 is 9.64 Å². The van der Waals surface area contributed by atoms with Crippen molar-refractivity contribution in [3.63, 3.8) is 0 Å². The van der Waals surface area contributed by atoms with Crippen molar-refractivity contribution in [2.75, 3.05) is 4.90 Å². The highest BCUT2D eigenvalue weighted by atomic mass is 35.5. The molecule has 0 amide bonds. The quantitative estimate of drug-likeness (QED) is 0.190. The molecule has 7 aromatic carbocycles. The highest BCUT2D eigenvalue weighted by molar-refractivity contribution is 6.35. The van der Waals surface area contributed by atoms with Gasteiger partial charge in [-0.3, -0.25) is 4.57 Å². The van der Waals surface area contributed by atoms with Crippen molar-refractivity contribution in [2.24, 2.45) is 0 Å². The van der Waals surface area contributed by atoms with E-state index < -0.39 is 0 Å². The van der Waals surface area contributed by atoms with Gasteiger partial charge >= 0.3 is 0 Å². The second-order valence-corrected chi connectivity index (χ2v) is 12.5. The van der Waals surface area contributed by atoms with Gasteiger partial charge in [-0.05, 0) is 66.7 Å². The lowest BCUT2D eigenvalue weighted by molar-refractivity contribution is 0.477. The largest absolute Gasteiger partial charge is 0.453 e. The molecule has 0 saturated carbocycles. The van der Waals surface area contributed by atoms with Gasteiger partial charge in [-0.2, -0.15) is 0 Å². The molecule has 0 saturated heterocycles. The Morgan fingerprint density at radius 1 is 0.469 bits per heavy atom. The van der Waals surface area contributed by atoms with Gasteiger partial charge in [0.15, 0.2) is 11.5 Å². The second-order valence-electron chi connectivity index (χ2n) is 12.1. The number of aromatic nitrogens is 3. The summed E-state index contributed by atoms with van der Waals surface area (Å²) in [6, 6.07) is 56.2. The molecule has 0 bridgehead atoms. The zero-order chi connectivity index (χ0) is 32.5. The molecule has 232 valence electrons.